The summed E-state index contributed by atoms with van der Waals surface area (Å²) < 4.78 is 5.32. The summed E-state index contributed by atoms with van der Waals surface area (Å²) in [6, 6.07) is 13.2. The molecule has 1 aromatic heterocycles. The van der Waals surface area contributed by atoms with E-state index in [1.54, 1.807) is 25.3 Å². The number of methoxy groups -OCH3 is 1. The van der Waals surface area contributed by atoms with Gasteiger partial charge < -0.3 is 15.4 Å². The van der Waals surface area contributed by atoms with Gasteiger partial charge in [-0.05, 0) is 30.3 Å². The Labute approximate surface area is 133 Å². The van der Waals surface area contributed by atoms with Crippen molar-refractivity contribution in [2.75, 3.05) is 24.8 Å². The van der Waals surface area contributed by atoms with Gasteiger partial charge in [0.15, 0.2) is 0 Å². The number of ether oxygens (including phenoxy) is 1. The van der Waals surface area contributed by atoms with E-state index in [1.807, 2.05) is 31.3 Å². The minimum atomic E-state index is 0.476. The molecule has 112 valence electrons. The van der Waals surface area contributed by atoms with E-state index in [1.165, 1.54) is 0 Å². The van der Waals surface area contributed by atoms with Crippen LogP contribution >= 0.6 is 11.6 Å². The van der Waals surface area contributed by atoms with Crippen LogP contribution in [0.5, 0.6) is 5.75 Å². The smallest absolute Gasteiger partial charge is 0.229 e. The highest BCUT2D eigenvalue weighted by molar-refractivity contribution is 6.31. The topological polar surface area (TPSA) is 59.1 Å². The van der Waals surface area contributed by atoms with E-state index < -0.39 is 0 Å². The average Bonchev–Trinajstić information content (AvgIpc) is 2.54. The van der Waals surface area contributed by atoms with Crippen molar-refractivity contribution in [1.29, 1.82) is 0 Å². The Bertz CT molecular complexity index is 822. The van der Waals surface area contributed by atoms with Gasteiger partial charge in [0.2, 0.25) is 5.95 Å². The lowest BCUT2D eigenvalue weighted by atomic mass is 10.2. The Morgan fingerprint density at radius 3 is 2.68 bits per heavy atom. The third-order valence-corrected chi connectivity index (χ3v) is 3.48. The molecule has 0 atom stereocenters. The predicted octanol–water partition coefficient (Wildman–Crippen LogP) is 4.08. The van der Waals surface area contributed by atoms with Crippen molar-refractivity contribution in [1.82, 2.24) is 9.97 Å². The van der Waals surface area contributed by atoms with Crippen molar-refractivity contribution in [3.05, 3.63) is 47.5 Å². The van der Waals surface area contributed by atoms with Crippen LogP contribution in [-0.4, -0.2) is 24.1 Å². The van der Waals surface area contributed by atoms with Crippen molar-refractivity contribution < 1.29 is 4.74 Å². The zero-order valence-electron chi connectivity index (χ0n) is 12.2. The minimum Gasteiger partial charge on any atom is -0.495 e. The van der Waals surface area contributed by atoms with Gasteiger partial charge >= 0.3 is 0 Å². The van der Waals surface area contributed by atoms with Crippen LogP contribution in [-0.2, 0) is 0 Å². The molecule has 3 rings (SSSR count). The first-order valence-electron chi connectivity index (χ1n) is 6.76. The summed E-state index contributed by atoms with van der Waals surface area (Å²) in [5, 5.41) is 7.82. The van der Waals surface area contributed by atoms with E-state index in [4.69, 9.17) is 16.3 Å². The molecular weight excluding hydrogens is 300 g/mol. The molecule has 6 heteroatoms. The molecule has 0 aliphatic rings. The van der Waals surface area contributed by atoms with E-state index >= 15 is 0 Å². The SMILES string of the molecule is CNc1nc(Nc2cc(Cl)ccc2OC)nc2ccccc12. The number of benzene rings is 2. The van der Waals surface area contributed by atoms with Crippen LogP contribution in [0, 0.1) is 0 Å². The lowest BCUT2D eigenvalue weighted by molar-refractivity contribution is 0.417. The molecule has 2 N–H and O–H groups in total. The number of para-hydroxylation sites is 1. The number of hydrogen-bond donors (Lipinski definition) is 2. The molecule has 0 aliphatic heterocycles. The zero-order chi connectivity index (χ0) is 15.5. The van der Waals surface area contributed by atoms with Gasteiger partial charge in [-0.1, -0.05) is 23.7 Å². The van der Waals surface area contributed by atoms with E-state index in [0.29, 0.717) is 22.4 Å². The summed E-state index contributed by atoms with van der Waals surface area (Å²) in [6.07, 6.45) is 0. The molecule has 1 heterocycles. The molecule has 0 bridgehead atoms. The maximum Gasteiger partial charge on any atom is 0.229 e. The van der Waals surface area contributed by atoms with Crippen LogP contribution in [0.25, 0.3) is 10.9 Å². The van der Waals surface area contributed by atoms with E-state index in [9.17, 15) is 0 Å². The second kappa shape index (κ2) is 6.07. The van der Waals surface area contributed by atoms with E-state index in [-0.39, 0.29) is 0 Å². The molecule has 0 radical (unpaired) electrons. The third kappa shape index (κ3) is 2.76. The lowest BCUT2D eigenvalue weighted by Gasteiger charge is -2.12. The third-order valence-electron chi connectivity index (χ3n) is 3.25. The lowest BCUT2D eigenvalue weighted by Crippen LogP contribution is -2.03. The van der Waals surface area contributed by atoms with E-state index in [0.717, 1.165) is 16.7 Å². The Balaban J connectivity index is 2.06. The monoisotopic (exact) mass is 314 g/mol. The van der Waals surface area contributed by atoms with Gasteiger partial charge in [0.25, 0.3) is 0 Å². The van der Waals surface area contributed by atoms with Gasteiger partial charge in [-0.15, -0.1) is 0 Å². The van der Waals surface area contributed by atoms with Gasteiger partial charge in [0.05, 0.1) is 18.3 Å². The molecule has 0 spiro atoms. The molecule has 0 amide bonds. The maximum atomic E-state index is 6.04. The highest BCUT2D eigenvalue weighted by Gasteiger charge is 2.09. The summed E-state index contributed by atoms with van der Waals surface area (Å²) >= 11 is 6.04. The minimum absolute atomic E-state index is 0.476. The zero-order valence-corrected chi connectivity index (χ0v) is 13.0. The van der Waals surface area contributed by atoms with Crippen molar-refractivity contribution in [3.63, 3.8) is 0 Å². The predicted molar refractivity (Wildman–Crippen MR) is 90.4 cm³/mol. The molecular formula is C16H15ClN4O. The fourth-order valence-electron chi connectivity index (χ4n) is 2.22. The largest absolute Gasteiger partial charge is 0.495 e. The normalized spacial score (nSPS) is 10.5. The molecule has 3 aromatic rings. The van der Waals surface area contributed by atoms with Crippen LogP contribution in [0.4, 0.5) is 17.5 Å². The van der Waals surface area contributed by atoms with Gasteiger partial charge in [0, 0.05) is 17.5 Å². The number of halogens is 1. The molecule has 5 nitrogen and oxygen atoms in total. The molecule has 22 heavy (non-hydrogen) atoms. The first-order chi connectivity index (χ1) is 10.7. The number of fused-ring (bicyclic) bond motifs is 1. The summed E-state index contributed by atoms with van der Waals surface area (Å²) in [6.45, 7) is 0. The molecule has 0 aliphatic carbocycles. The second-order valence-electron chi connectivity index (χ2n) is 4.63. The van der Waals surface area contributed by atoms with Crippen LogP contribution < -0.4 is 15.4 Å². The Hall–Kier alpha value is -2.53. The summed E-state index contributed by atoms with van der Waals surface area (Å²) in [4.78, 5) is 9.01. The van der Waals surface area contributed by atoms with Gasteiger partial charge in [-0.3, -0.25) is 0 Å². The Kier molecular flexibility index (Phi) is 3.98. The van der Waals surface area contributed by atoms with E-state index in [2.05, 4.69) is 20.6 Å². The Morgan fingerprint density at radius 1 is 1.09 bits per heavy atom. The first kappa shape index (κ1) is 14.4. The molecule has 0 fully saturated rings. The number of anilines is 3. The molecule has 0 saturated carbocycles. The van der Waals surface area contributed by atoms with Crippen LogP contribution in [0.15, 0.2) is 42.5 Å². The van der Waals surface area contributed by atoms with Gasteiger partial charge in [-0.25, -0.2) is 4.98 Å². The number of nitrogens with one attached hydrogen (secondary N) is 2. The highest BCUT2D eigenvalue weighted by Crippen LogP contribution is 2.30. The number of rotatable bonds is 4. The van der Waals surface area contributed by atoms with Crippen LogP contribution in [0.2, 0.25) is 5.02 Å². The molecule has 2 aromatic carbocycles. The van der Waals surface area contributed by atoms with Gasteiger partial charge in [-0.2, -0.15) is 4.98 Å². The van der Waals surface area contributed by atoms with Crippen molar-refractivity contribution in [3.8, 4) is 5.75 Å². The fourth-order valence-corrected chi connectivity index (χ4v) is 2.39. The first-order valence-corrected chi connectivity index (χ1v) is 7.14. The molecule has 0 saturated heterocycles. The van der Waals surface area contributed by atoms with Crippen molar-refractivity contribution >= 4 is 40.0 Å². The quantitative estimate of drug-likeness (QED) is 0.760. The van der Waals surface area contributed by atoms with Crippen LogP contribution in [0.3, 0.4) is 0 Å². The second-order valence-corrected chi connectivity index (χ2v) is 5.07. The summed E-state index contributed by atoms with van der Waals surface area (Å²) in [7, 11) is 3.44. The fraction of sp³-hybridized carbons (Fsp3) is 0.125. The standard InChI is InChI=1S/C16H15ClN4O/c1-18-15-11-5-3-4-6-12(11)19-16(21-15)20-13-9-10(17)7-8-14(13)22-2/h3-9H,1-2H3,(H2,18,19,20,21). The number of nitrogens with zero attached hydrogens (tertiary/aromatic N) is 2. The van der Waals surface area contributed by atoms with Crippen LogP contribution in [0.1, 0.15) is 0 Å². The molecule has 0 unspecified atom stereocenters. The summed E-state index contributed by atoms with van der Waals surface area (Å²) in [5.74, 6) is 1.91. The van der Waals surface area contributed by atoms with Crippen molar-refractivity contribution in [2.45, 2.75) is 0 Å². The average molecular weight is 315 g/mol. The van der Waals surface area contributed by atoms with Gasteiger partial charge in [0.1, 0.15) is 11.6 Å². The number of hydrogen-bond acceptors (Lipinski definition) is 5. The maximum absolute atomic E-state index is 6.04. The highest BCUT2D eigenvalue weighted by atomic mass is 35.5. The van der Waals surface area contributed by atoms with Crippen molar-refractivity contribution in [2.24, 2.45) is 0 Å². The number of aromatic nitrogens is 2. The Morgan fingerprint density at radius 2 is 1.91 bits per heavy atom. The summed E-state index contributed by atoms with van der Waals surface area (Å²) in [5.41, 5.74) is 1.57.